The van der Waals surface area contributed by atoms with Crippen LogP contribution in [-0.2, 0) is 4.79 Å². The predicted molar refractivity (Wildman–Crippen MR) is 113 cm³/mol. The van der Waals surface area contributed by atoms with Crippen LogP contribution in [0.25, 0.3) is 0 Å². The monoisotopic (exact) mass is 386 g/mol. The molecule has 1 aliphatic heterocycles. The summed E-state index contributed by atoms with van der Waals surface area (Å²) in [6, 6.07) is 8.27. The molecule has 0 saturated heterocycles. The molecule has 1 aliphatic carbocycles. The van der Waals surface area contributed by atoms with Crippen LogP contribution in [0.5, 0.6) is 5.75 Å². The van der Waals surface area contributed by atoms with E-state index >= 15 is 0 Å². The summed E-state index contributed by atoms with van der Waals surface area (Å²) in [4.78, 5) is 16.6. The molecule has 28 heavy (non-hydrogen) atoms. The molecule has 1 unspecified atom stereocenters. The maximum Gasteiger partial charge on any atom is 0.223 e. The maximum absolute atomic E-state index is 12.2. The second kappa shape index (κ2) is 9.30. The van der Waals surface area contributed by atoms with E-state index in [2.05, 4.69) is 40.9 Å². The number of hydrogen-bond donors (Lipinski definition) is 3. The highest BCUT2D eigenvalue weighted by atomic mass is 16.5. The van der Waals surface area contributed by atoms with Gasteiger partial charge >= 0.3 is 0 Å². The summed E-state index contributed by atoms with van der Waals surface area (Å²) in [5.41, 5.74) is 0.911. The third-order valence-electron chi connectivity index (χ3n) is 5.60. The quantitative estimate of drug-likeness (QED) is 0.413. The minimum Gasteiger partial charge on any atom is -0.487 e. The average Bonchev–Trinajstić information content (AvgIpc) is 2.69. The van der Waals surface area contributed by atoms with E-state index in [1.165, 1.54) is 19.3 Å². The molecule has 1 aromatic carbocycles. The molecule has 3 N–H and O–H groups in total. The second-order valence-corrected chi connectivity index (χ2v) is 8.43. The van der Waals surface area contributed by atoms with Gasteiger partial charge in [0, 0.05) is 38.0 Å². The van der Waals surface area contributed by atoms with Crippen molar-refractivity contribution < 1.29 is 9.53 Å². The van der Waals surface area contributed by atoms with Crippen molar-refractivity contribution in [3.8, 4) is 5.75 Å². The topological polar surface area (TPSA) is 74.8 Å². The van der Waals surface area contributed by atoms with Gasteiger partial charge in [0.15, 0.2) is 5.96 Å². The molecule has 0 aromatic heterocycles. The summed E-state index contributed by atoms with van der Waals surface area (Å²) in [5, 5.41) is 9.89. The number of carbonyl (C=O) groups is 1. The summed E-state index contributed by atoms with van der Waals surface area (Å²) < 4.78 is 6.10. The van der Waals surface area contributed by atoms with Gasteiger partial charge in [0.05, 0.1) is 6.04 Å². The lowest BCUT2D eigenvalue weighted by atomic mass is 9.89. The van der Waals surface area contributed by atoms with Crippen LogP contribution in [-0.4, -0.2) is 37.6 Å². The minimum atomic E-state index is -0.237. The molecule has 1 aromatic rings. The van der Waals surface area contributed by atoms with E-state index in [-0.39, 0.29) is 23.5 Å². The van der Waals surface area contributed by atoms with Crippen LogP contribution in [0.15, 0.2) is 29.3 Å². The Bertz CT molecular complexity index is 696. The maximum atomic E-state index is 12.2. The first-order valence-corrected chi connectivity index (χ1v) is 10.5. The Kier molecular flexibility index (Phi) is 6.81. The van der Waals surface area contributed by atoms with Gasteiger partial charge in [-0.3, -0.25) is 9.79 Å². The Labute approximate surface area is 168 Å². The lowest BCUT2D eigenvalue weighted by molar-refractivity contribution is -0.125. The van der Waals surface area contributed by atoms with Gasteiger partial charge in [0.1, 0.15) is 11.4 Å². The van der Waals surface area contributed by atoms with Crippen molar-refractivity contribution in [2.24, 2.45) is 10.9 Å². The molecular formula is C22H34N4O2. The van der Waals surface area contributed by atoms with Crippen LogP contribution in [0.1, 0.15) is 64.0 Å². The number of rotatable bonds is 5. The molecule has 1 heterocycles. The van der Waals surface area contributed by atoms with Gasteiger partial charge in [0.25, 0.3) is 0 Å². The predicted octanol–water partition coefficient (Wildman–Crippen LogP) is 3.15. The largest absolute Gasteiger partial charge is 0.487 e. The number of guanidine groups is 1. The van der Waals surface area contributed by atoms with Crippen molar-refractivity contribution in [2.75, 3.05) is 20.1 Å². The van der Waals surface area contributed by atoms with Crippen molar-refractivity contribution in [2.45, 2.75) is 64.0 Å². The number of hydrogen-bond acceptors (Lipinski definition) is 3. The van der Waals surface area contributed by atoms with Gasteiger partial charge in [-0.15, -0.1) is 0 Å². The number of fused-ring (bicyclic) bond motifs is 1. The Morgan fingerprint density at radius 2 is 1.86 bits per heavy atom. The highest BCUT2D eigenvalue weighted by Crippen LogP contribution is 2.39. The van der Waals surface area contributed by atoms with Gasteiger partial charge in [-0.1, -0.05) is 37.5 Å². The van der Waals surface area contributed by atoms with Gasteiger partial charge in [-0.05, 0) is 32.8 Å². The summed E-state index contributed by atoms with van der Waals surface area (Å²) in [6.07, 6.45) is 6.52. The zero-order valence-corrected chi connectivity index (χ0v) is 17.4. The Morgan fingerprint density at radius 3 is 2.61 bits per heavy atom. The Morgan fingerprint density at radius 1 is 1.14 bits per heavy atom. The van der Waals surface area contributed by atoms with E-state index in [4.69, 9.17) is 4.74 Å². The van der Waals surface area contributed by atoms with Gasteiger partial charge in [-0.2, -0.15) is 0 Å². The molecular weight excluding hydrogens is 352 g/mol. The smallest absolute Gasteiger partial charge is 0.223 e. The highest BCUT2D eigenvalue weighted by molar-refractivity contribution is 5.81. The zero-order chi connectivity index (χ0) is 20.0. The van der Waals surface area contributed by atoms with Crippen molar-refractivity contribution in [1.82, 2.24) is 16.0 Å². The molecule has 6 heteroatoms. The van der Waals surface area contributed by atoms with Gasteiger partial charge in [0.2, 0.25) is 5.91 Å². The molecule has 6 nitrogen and oxygen atoms in total. The van der Waals surface area contributed by atoms with Gasteiger partial charge < -0.3 is 20.7 Å². The standard InChI is InChI=1S/C22H34N4O2/c1-22(2)15-18(17-11-7-8-12-19(17)28-22)26-21(23-3)25-14-13-24-20(27)16-9-5-4-6-10-16/h7-8,11-12,16,18H,4-6,9-10,13-15H2,1-3H3,(H,24,27)(H2,23,25,26). The lowest BCUT2D eigenvalue weighted by Gasteiger charge is -2.38. The summed E-state index contributed by atoms with van der Waals surface area (Å²) in [6.45, 7) is 5.46. The van der Waals surface area contributed by atoms with Crippen LogP contribution in [0.4, 0.5) is 0 Å². The molecule has 0 bridgehead atoms. The third kappa shape index (κ3) is 5.40. The Hall–Kier alpha value is -2.24. The number of nitrogens with one attached hydrogen (secondary N) is 3. The fourth-order valence-corrected chi connectivity index (χ4v) is 4.17. The van der Waals surface area contributed by atoms with Crippen molar-refractivity contribution >= 4 is 11.9 Å². The molecule has 2 aliphatic rings. The van der Waals surface area contributed by atoms with E-state index in [0.29, 0.717) is 13.1 Å². The molecule has 0 radical (unpaired) electrons. The molecule has 1 atom stereocenters. The molecule has 1 fully saturated rings. The normalized spacial score (nSPS) is 22.0. The fraction of sp³-hybridized carbons (Fsp3) is 0.636. The van der Waals surface area contributed by atoms with E-state index < -0.39 is 0 Å². The summed E-state index contributed by atoms with van der Waals surface area (Å²) in [7, 11) is 1.77. The average molecular weight is 387 g/mol. The minimum absolute atomic E-state index is 0.128. The van der Waals surface area contributed by atoms with Crippen molar-refractivity contribution in [3.63, 3.8) is 0 Å². The van der Waals surface area contributed by atoms with E-state index in [1.807, 2.05) is 18.2 Å². The summed E-state index contributed by atoms with van der Waals surface area (Å²) >= 11 is 0. The summed E-state index contributed by atoms with van der Waals surface area (Å²) in [5.74, 6) is 2.06. The van der Waals surface area contributed by atoms with Crippen LogP contribution in [0.2, 0.25) is 0 Å². The Balaban J connectivity index is 1.49. The van der Waals surface area contributed by atoms with Gasteiger partial charge in [-0.25, -0.2) is 0 Å². The number of ether oxygens (including phenoxy) is 1. The number of para-hydroxylation sites is 1. The molecule has 154 valence electrons. The fourth-order valence-electron chi connectivity index (χ4n) is 4.17. The van der Waals surface area contributed by atoms with Crippen LogP contribution < -0.4 is 20.7 Å². The SMILES string of the molecule is CN=C(NCCNC(=O)C1CCCCC1)NC1CC(C)(C)Oc2ccccc21. The first-order valence-electron chi connectivity index (χ1n) is 10.5. The second-order valence-electron chi connectivity index (χ2n) is 8.43. The molecule has 3 rings (SSSR count). The third-order valence-corrected chi connectivity index (χ3v) is 5.60. The molecule has 1 saturated carbocycles. The van der Waals surface area contributed by atoms with Crippen LogP contribution >= 0.6 is 0 Å². The van der Waals surface area contributed by atoms with E-state index in [1.54, 1.807) is 7.05 Å². The van der Waals surface area contributed by atoms with E-state index in [9.17, 15) is 4.79 Å². The number of nitrogens with zero attached hydrogens (tertiary/aromatic N) is 1. The molecule has 0 spiro atoms. The highest BCUT2D eigenvalue weighted by Gasteiger charge is 2.33. The van der Waals surface area contributed by atoms with Crippen LogP contribution in [0, 0.1) is 5.92 Å². The zero-order valence-electron chi connectivity index (χ0n) is 17.4. The number of benzene rings is 1. The van der Waals surface area contributed by atoms with Crippen molar-refractivity contribution in [1.29, 1.82) is 0 Å². The number of carbonyl (C=O) groups excluding carboxylic acids is 1. The lowest BCUT2D eigenvalue weighted by Crippen LogP contribution is -2.47. The van der Waals surface area contributed by atoms with E-state index in [0.717, 1.165) is 36.5 Å². The number of amides is 1. The van der Waals surface area contributed by atoms with Crippen LogP contribution in [0.3, 0.4) is 0 Å². The van der Waals surface area contributed by atoms with Crippen molar-refractivity contribution in [3.05, 3.63) is 29.8 Å². The number of aliphatic imine (C=N–C) groups is 1. The first kappa shape index (κ1) is 20.5. The first-order chi connectivity index (χ1) is 13.5. The molecule has 1 amide bonds.